The molecule has 2 aliphatic rings. The van der Waals surface area contributed by atoms with Crippen molar-refractivity contribution in [2.24, 2.45) is 5.92 Å². The molecule has 1 aliphatic carbocycles. The van der Waals surface area contributed by atoms with Gasteiger partial charge in [-0.25, -0.2) is 0 Å². The number of ether oxygens (including phenoxy) is 1. The fraction of sp³-hybridized carbons (Fsp3) is 0.933. The highest BCUT2D eigenvalue weighted by molar-refractivity contribution is 5.78. The minimum atomic E-state index is 0.219. The highest BCUT2D eigenvalue weighted by Crippen LogP contribution is 2.43. The average Bonchev–Trinajstić information content (AvgIpc) is 2.75. The summed E-state index contributed by atoms with van der Waals surface area (Å²) in [4.78, 5) is 11.6. The average molecular weight is 238 g/mol. The Morgan fingerprint density at radius 2 is 2.06 bits per heavy atom. The largest absolute Gasteiger partial charge is 0.375 e. The summed E-state index contributed by atoms with van der Waals surface area (Å²) in [6, 6.07) is 0. The molecule has 98 valence electrons. The molecule has 2 heteroatoms. The number of rotatable bonds is 5. The van der Waals surface area contributed by atoms with Crippen molar-refractivity contribution in [3.8, 4) is 0 Å². The van der Waals surface area contributed by atoms with Crippen LogP contribution >= 0.6 is 0 Å². The Morgan fingerprint density at radius 1 is 1.29 bits per heavy atom. The zero-order chi connectivity index (χ0) is 12.1. The van der Waals surface area contributed by atoms with Gasteiger partial charge in [-0.2, -0.15) is 0 Å². The molecule has 1 aliphatic heterocycles. The molecule has 1 saturated heterocycles. The van der Waals surface area contributed by atoms with Gasteiger partial charge in [0.25, 0.3) is 0 Å². The van der Waals surface area contributed by atoms with Crippen LogP contribution in [0, 0.1) is 5.92 Å². The van der Waals surface area contributed by atoms with Crippen molar-refractivity contribution in [2.45, 2.75) is 76.7 Å². The molecule has 1 spiro atoms. The van der Waals surface area contributed by atoms with E-state index in [1.54, 1.807) is 0 Å². The monoisotopic (exact) mass is 238 g/mol. The third kappa shape index (κ3) is 3.54. The normalized spacial score (nSPS) is 27.5. The lowest BCUT2D eigenvalue weighted by atomic mass is 9.82. The summed E-state index contributed by atoms with van der Waals surface area (Å²) < 4.78 is 6.03. The maximum Gasteiger partial charge on any atom is 0.132 e. The van der Waals surface area contributed by atoms with Crippen molar-refractivity contribution in [1.29, 1.82) is 0 Å². The lowest BCUT2D eigenvalue weighted by molar-refractivity contribution is -0.120. The molecule has 0 amide bonds. The van der Waals surface area contributed by atoms with Gasteiger partial charge in [-0.05, 0) is 44.4 Å². The van der Waals surface area contributed by atoms with Crippen LogP contribution in [0.3, 0.4) is 0 Å². The number of carbonyl (C=O) groups is 1. The molecule has 2 rings (SSSR count). The SMILES string of the molecule is CCCC(=O)CCC1CCOC2(CCCC2)C1. The standard InChI is InChI=1S/C15H26O2/c1-2-5-14(16)7-6-13-8-11-17-15(12-13)9-3-4-10-15/h13H,2-12H2,1H3. The summed E-state index contributed by atoms with van der Waals surface area (Å²) in [5, 5.41) is 0. The molecular formula is C15H26O2. The van der Waals surface area contributed by atoms with Gasteiger partial charge in [0, 0.05) is 19.4 Å². The molecule has 0 radical (unpaired) electrons. The van der Waals surface area contributed by atoms with Gasteiger partial charge >= 0.3 is 0 Å². The summed E-state index contributed by atoms with van der Waals surface area (Å²) in [7, 11) is 0. The van der Waals surface area contributed by atoms with E-state index >= 15 is 0 Å². The summed E-state index contributed by atoms with van der Waals surface area (Å²) >= 11 is 0. The van der Waals surface area contributed by atoms with E-state index in [1.165, 1.54) is 38.5 Å². The molecule has 0 aromatic heterocycles. The fourth-order valence-electron chi connectivity index (χ4n) is 3.51. The van der Waals surface area contributed by atoms with Gasteiger partial charge in [0.15, 0.2) is 0 Å². The van der Waals surface area contributed by atoms with E-state index in [-0.39, 0.29) is 5.60 Å². The van der Waals surface area contributed by atoms with E-state index in [2.05, 4.69) is 6.92 Å². The topological polar surface area (TPSA) is 26.3 Å². The molecule has 0 aromatic rings. The van der Waals surface area contributed by atoms with E-state index in [0.29, 0.717) is 5.78 Å². The van der Waals surface area contributed by atoms with E-state index < -0.39 is 0 Å². The van der Waals surface area contributed by atoms with Gasteiger partial charge in [0.05, 0.1) is 5.60 Å². The molecule has 2 fully saturated rings. The van der Waals surface area contributed by atoms with Crippen molar-refractivity contribution in [2.75, 3.05) is 6.61 Å². The van der Waals surface area contributed by atoms with E-state index in [0.717, 1.165) is 38.2 Å². The van der Waals surface area contributed by atoms with Crippen LogP contribution < -0.4 is 0 Å². The first-order valence-corrected chi connectivity index (χ1v) is 7.40. The van der Waals surface area contributed by atoms with Gasteiger partial charge in [-0.15, -0.1) is 0 Å². The Bertz CT molecular complexity index is 254. The van der Waals surface area contributed by atoms with Gasteiger partial charge in [0.2, 0.25) is 0 Å². The van der Waals surface area contributed by atoms with Crippen LogP contribution in [0.25, 0.3) is 0 Å². The van der Waals surface area contributed by atoms with E-state index in [1.807, 2.05) is 0 Å². The Morgan fingerprint density at radius 3 is 2.76 bits per heavy atom. The third-order valence-corrected chi connectivity index (χ3v) is 4.47. The van der Waals surface area contributed by atoms with Crippen LogP contribution in [0.15, 0.2) is 0 Å². The molecule has 0 N–H and O–H groups in total. The molecule has 2 nitrogen and oxygen atoms in total. The quantitative estimate of drug-likeness (QED) is 0.726. The molecular weight excluding hydrogens is 212 g/mol. The van der Waals surface area contributed by atoms with Crippen LogP contribution in [0.2, 0.25) is 0 Å². The predicted molar refractivity (Wildman–Crippen MR) is 69.0 cm³/mol. The highest BCUT2D eigenvalue weighted by Gasteiger charge is 2.39. The summed E-state index contributed by atoms with van der Waals surface area (Å²) in [5.74, 6) is 1.20. The molecule has 1 unspecified atom stereocenters. The first kappa shape index (κ1) is 13.1. The Balaban J connectivity index is 1.75. The third-order valence-electron chi connectivity index (χ3n) is 4.47. The molecule has 17 heavy (non-hydrogen) atoms. The number of Topliss-reactive ketones (excluding diaryl/α,β-unsaturated/α-hetero) is 1. The number of ketones is 1. The first-order chi connectivity index (χ1) is 8.24. The molecule has 1 heterocycles. The molecule has 0 bridgehead atoms. The minimum Gasteiger partial charge on any atom is -0.375 e. The molecule has 1 atom stereocenters. The molecule has 0 aromatic carbocycles. The Hall–Kier alpha value is -0.370. The molecule has 1 saturated carbocycles. The van der Waals surface area contributed by atoms with E-state index in [4.69, 9.17) is 4.74 Å². The van der Waals surface area contributed by atoms with Crippen molar-refractivity contribution >= 4 is 5.78 Å². The maximum absolute atomic E-state index is 11.6. The predicted octanol–water partition coefficient (Wildman–Crippen LogP) is 3.88. The fourth-order valence-corrected chi connectivity index (χ4v) is 3.51. The van der Waals surface area contributed by atoms with Crippen molar-refractivity contribution in [3.63, 3.8) is 0 Å². The number of carbonyl (C=O) groups excluding carboxylic acids is 1. The van der Waals surface area contributed by atoms with Crippen LogP contribution in [0.4, 0.5) is 0 Å². The van der Waals surface area contributed by atoms with Crippen LogP contribution in [0.5, 0.6) is 0 Å². The van der Waals surface area contributed by atoms with Crippen LogP contribution in [0.1, 0.15) is 71.1 Å². The van der Waals surface area contributed by atoms with Gasteiger partial charge in [-0.1, -0.05) is 19.8 Å². The van der Waals surface area contributed by atoms with Crippen molar-refractivity contribution < 1.29 is 9.53 Å². The summed E-state index contributed by atoms with van der Waals surface area (Å²) in [5.41, 5.74) is 0.219. The Labute approximate surface area is 105 Å². The van der Waals surface area contributed by atoms with Crippen LogP contribution in [-0.4, -0.2) is 18.0 Å². The second-order valence-corrected chi connectivity index (χ2v) is 5.92. The van der Waals surface area contributed by atoms with Gasteiger partial charge in [0.1, 0.15) is 5.78 Å². The number of hydrogen-bond acceptors (Lipinski definition) is 2. The lowest BCUT2D eigenvalue weighted by Gasteiger charge is -2.38. The summed E-state index contributed by atoms with van der Waals surface area (Å²) in [6.07, 6.45) is 11.2. The van der Waals surface area contributed by atoms with Crippen molar-refractivity contribution in [1.82, 2.24) is 0 Å². The second kappa shape index (κ2) is 5.99. The zero-order valence-electron chi connectivity index (χ0n) is 11.2. The second-order valence-electron chi connectivity index (χ2n) is 5.92. The summed E-state index contributed by atoms with van der Waals surface area (Å²) in [6.45, 7) is 3.01. The maximum atomic E-state index is 11.6. The van der Waals surface area contributed by atoms with E-state index in [9.17, 15) is 4.79 Å². The first-order valence-electron chi connectivity index (χ1n) is 7.40. The van der Waals surface area contributed by atoms with Crippen molar-refractivity contribution in [3.05, 3.63) is 0 Å². The van der Waals surface area contributed by atoms with Gasteiger partial charge in [-0.3, -0.25) is 4.79 Å². The lowest BCUT2D eigenvalue weighted by Crippen LogP contribution is -2.37. The van der Waals surface area contributed by atoms with Gasteiger partial charge < -0.3 is 4.74 Å². The highest BCUT2D eigenvalue weighted by atomic mass is 16.5. The smallest absolute Gasteiger partial charge is 0.132 e. The Kier molecular flexibility index (Phi) is 4.61. The number of hydrogen-bond donors (Lipinski definition) is 0. The zero-order valence-corrected chi connectivity index (χ0v) is 11.2. The van der Waals surface area contributed by atoms with Crippen LogP contribution in [-0.2, 0) is 9.53 Å². The minimum absolute atomic E-state index is 0.219.